The third-order valence-corrected chi connectivity index (χ3v) is 5.87. The molecule has 2 N–H and O–H groups in total. The van der Waals surface area contributed by atoms with Crippen LogP contribution in [0.2, 0.25) is 0 Å². The first kappa shape index (κ1) is 15.3. The highest BCUT2D eigenvalue weighted by Crippen LogP contribution is 2.37. The first-order valence-corrected chi connectivity index (χ1v) is 8.50. The predicted molar refractivity (Wildman–Crippen MR) is 83.2 cm³/mol. The molecule has 1 aliphatic heterocycles. The summed E-state index contributed by atoms with van der Waals surface area (Å²) in [4.78, 5) is 2.73. The Morgan fingerprint density at radius 1 is 1.11 bits per heavy atom. The largest absolute Gasteiger partial charge is 0.329 e. The minimum Gasteiger partial charge on any atom is -0.329 e. The zero-order valence-corrected chi connectivity index (χ0v) is 13.3. The average molecular weight is 266 g/mol. The highest BCUT2D eigenvalue weighted by Gasteiger charge is 2.36. The molecule has 2 aliphatic rings. The molecular weight excluding hydrogens is 232 g/mol. The first-order chi connectivity index (χ1) is 9.05. The van der Waals surface area contributed by atoms with Gasteiger partial charge in [0.1, 0.15) is 0 Å². The van der Waals surface area contributed by atoms with Crippen molar-refractivity contribution in [2.75, 3.05) is 19.6 Å². The number of hydrogen-bond donors (Lipinski definition) is 1. The summed E-state index contributed by atoms with van der Waals surface area (Å²) in [6.45, 7) is 10.6. The molecule has 0 radical (unpaired) electrons. The molecule has 2 nitrogen and oxygen atoms in total. The van der Waals surface area contributed by atoms with Crippen molar-refractivity contribution in [3.05, 3.63) is 0 Å². The molecule has 2 rings (SSSR count). The van der Waals surface area contributed by atoms with E-state index >= 15 is 0 Å². The van der Waals surface area contributed by atoms with Gasteiger partial charge in [0.15, 0.2) is 0 Å². The van der Waals surface area contributed by atoms with Crippen LogP contribution in [0.4, 0.5) is 0 Å². The van der Waals surface area contributed by atoms with Crippen molar-refractivity contribution in [1.29, 1.82) is 0 Å². The van der Waals surface area contributed by atoms with Crippen molar-refractivity contribution in [2.24, 2.45) is 23.5 Å². The van der Waals surface area contributed by atoms with Crippen LogP contribution in [0.15, 0.2) is 0 Å². The number of rotatable bonds is 5. The molecule has 0 amide bonds. The highest BCUT2D eigenvalue weighted by atomic mass is 15.2. The molecule has 19 heavy (non-hydrogen) atoms. The lowest BCUT2D eigenvalue weighted by molar-refractivity contribution is 0.0694. The van der Waals surface area contributed by atoms with Crippen molar-refractivity contribution in [2.45, 2.75) is 71.3 Å². The molecule has 0 aromatic heterocycles. The summed E-state index contributed by atoms with van der Waals surface area (Å²) in [5.41, 5.74) is 6.43. The molecule has 0 aromatic rings. The van der Waals surface area contributed by atoms with Crippen molar-refractivity contribution in [1.82, 2.24) is 4.90 Å². The molecule has 1 saturated carbocycles. The summed E-state index contributed by atoms with van der Waals surface area (Å²) in [6.07, 6.45) is 9.81. The third kappa shape index (κ3) is 3.72. The molecular formula is C17H34N2. The molecule has 2 unspecified atom stereocenters. The fourth-order valence-corrected chi connectivity index (χ4v) is 3.99. The van der Waals surface area contributed by atoms with Gasteiger partial charge in [-0.3, -0.25) is 4.90 Å². The van der Waals surface area contributed by atoms with E-state index in [1.54, 1.807) is 0 Å². The SMILES string of the molecule is CC(C)C1CCCN(C(C)(CN)CC2CCC2)CC1. The van der Waals surface area contributed by atoms with Crippen LogP contribution in [0, 0.1) is 17.8 Å². The van der Waals surface area contributed by atoms with Crippen LogP contribution in [-0.2, 0) is 0 Å². The van der Waals surface area contributed by atoms with Gasteiger partial charge in [-0.2, -0.15) is 0 Å². The molecule has 2 fully saturated rings. The van der Waals surface area contributed by atoms with Crippen LogP contribution in [-0.4, -0.2) is 30.1 Å². The number of hydrogen-bond acceptors (Lipinski definition) is 2. The lowest BCUT2D eigenvalue weighted by atomic mass is 9.76. The maximum atomic E-state index is 6.17. The van der Waals surface area contributed by atoms with Crippen LogP contribution >= 0.6 is 0 Å². The topological polar surface area (TPSA) is 29.3 Å². The Labute approximate surface area is 120 Å². The van der Waals surface area contributed by atoms with Crippen LogP contribution < -0.4 is 5.73 Å². The van der Waals surface area contributed by atoms with Crippen molar-refractivity contribution in [3.8, 4) is 0 Å². The maximum absolute atomic E-state index is 6.17. The molecule has 1 saturated heterocycles. The summed E-state index contributed by atoms with van der Waals surface area (Å²) < 4.78 is 0. The smallest absolute Gasteiger partial charge is 0.0306 e. The van der Waals surface area contributed by atoms with E-state index in [4.69, 9.17) is 5.73 Å². The molecule has 112 valence electrons. The minimum absolute atomic E-state index is 0.261. The summed E-state index contributed by atoms with van der Waals surface area (Å²) in [6, 6.07) is 0. The molecule has 0 spiro atoms. The Bertz CT molecular complexity index is 272. The summed E-state index contributed by atoms with van der Waals surface area (Å²) in [5, 5.41) is 0. The lowest BCUT2D eigenvalue weighted by Gasteiger charge is -2.44. The summed E-state index contributed by atoms with van der Waals surface area (Å²) >= 11 is 0. The second-order valence-electron chi connectivity index (χ2n) is 7.62. The lowest BCUT2D eigenvalue weighted by Crippen LogP contribution is -2.53. The standard InChI is InChI=1S/C17H34N2/c1-14(2)16-8-5-10-19(11-9-16)17(3,13-18)12-15-6-4-7-15/h14-16H,4-13,18H2,1-3H3. The van der Waals surface area contributed by atoms with Crippen molar-refractivity contribution >= 4 is 0 Å². The van der Waals surface area contributed by atoms with Crippen LogP contribution in [0.25, 0.3) is 0 Å². The van der Waals surface area contributed by atoms with Gasteiger partial charge in [-0.05, 0) is 63.5 Å². The molecule has 2 atom stereocenters. The fraction of sp³-hybridized carbons (Fsp3) is 1.00. The second-order valence-corrected chi connectivity index (χ2v) is 7.62. The summed E-state index contributed by atoms with van der Waals surface area (Å²) in [7, 11) is 0. The van der Waals surface area contributed by atoms with E-state index in [2.05, 4.69) is 25.7 Å². The van der Waals surface area contributed by atoms with E-state index < -0.39 is 0 Å². The Balaban J connectivity index is 1.93. The maximum Gasteiger partial charge on any atom is 0.0306 e. The van der Waals surface area contributed by atoms with Gasteiger partial charge >= 0.3 is 0 Å². The Morgan fingerprint density at radius 3 is 2.37 bits per heavy atom. The van der Waals surface area contributed by atoms with Crippen LogP contribution in [0.5, 0.6) is 0 Å². The van der Waals surface area contributed by atoms with E-state index in [-0.39, 0.29) is 5.54 Å². The molecule has 1 aliphatic carbocycles. The number of nitrogens with two attached hydrogens (primary N) is 1. The van der Waals surface area contributed by atoms with Gasteiger partial charge in [-0.25, -0.2) is 0 Å². The molecule has 0 aromatic carbocycles. The normalized spacial score (nSPS) is 29.8. The van der Waals surface area contributed by atoms with Crippen LogP contribution in [0.3, 0.4) is 0 Å². The van der Waals surface area contributed by atoms with Crippen molar-refractivity contribution < 1.29 is 0 Å². The van der Waals surface area contributed by atoms with E-state index in [0.29, 0.717) is 0 Å². The van der Waals surface area contributed by atoms with Gasteiger partial charge in [0.2, 0.25) is 0 Å². The van der Waals surface area contributed by atoms with Crippen molar-refractivity contribution in [3.63, 3.8) is 0 Å². The highest BCUT2D eigenvalue weighted by molar-refractivity contribution is 4.92. The zero-order valence-electron chi connectivity index (χ0n) is 13.3. The quantitative estimate of drug-likeness (QED) is 0.823. The third-order valence-electron chi connectivity index (χ3n) is 5.87. The van der Waals surface area contributed by atoms with Gasteiger partial charge in [0.05, 0.1) is 0 Å². The Hall–Kier alpha value is -0.0800. The zero-order chi connectivity index (χ0) is 13.9. The average Bonchev–Trinajstić information content (AvgIpc) is 2.59. The fourth-order valence-electron chi connectivity index (χ4n) is 3.99. The molecule has 1 heterocycles. The predicted octanol–water partition coefficient (Wildman–Crippen LogP) is 3.65. The number of likely N-dealkylation sites (tertiary alicyclic amines) is 1. The van der Waals surface area contributed by atoms with Gasteiger partial charge in [-0.1, -0.05) is 33.1 Å². The van der Waals surface area contributed by atoms with E-state index in [1.807, 2.05) is 0 Å². The van der Waals surface area contributed by atoms with Gasteiger partial charge < -0.3 is 5.73 Å². The van der Waals surface area contributed by atoms with E-state index in [1.165, 1.54) is 58.0 Å². The Morgan fingerprint density at radius 2 is 1.84 bits per heavy atom. The molecule has 2 heteroatoms. The monoisotopic (exact) mass is 266 g/mol. The number of nitrogens with zero attached hydrogens (tertiary/aromatic N) is 1. The van der Waals surface area contributed by atoms with Crippen LogP contribution in [0.1, 0.15) is 65.7 Å². The van der Waals surface area contributed by atoms with E-state index in [0.717, 1.165) is 24.3 Å². The van der Waals surface area contributed by atoms with Gasteiger partial charge in [0, 0.05) is 12.1 Å². The minimum atomic E-state index is 0.261. The van der Waals surface area contributed by atoms with E-state index in [9.17, 15) is 0 Å². The summed E-state index contributed by atoms with van der Waals surface area (Å²) in [5.74, 6) is 2.73. The molecule has 0 bridgehead atoms. The first-order valence-electron chi connectivity index (χ1n) is 8.50. The van der Waals surface area contributed by atoms with Gasteiger partial charge in [0.25, 0.3) is 0 Å². The Kier molecular flexibility index (Phi) is 5.30. The van der Waals surface area contributed by atoms with Gasteiger partial charge in [-0.15, -0.1) is 0 Å². The second kappa shape index (κ2) is 6.58.